The van der Waals surface area contributed by atoms with Gasteiger partial charge < -0.3 is 5.32 Å². The summed E-state index contributed by atoms with van der Waals surface area (Å²) in [7, 11) is 0. The maximum atomic E-state index is 12.2. The predicted molar refractivity (Wildman–Crippen MR) is 81.0 cm³/mol. The Morgan fingerprint density at radius 3 is 3.14 bits per heavy atom. The van der Waals surface area contributed by atoms with E-state index < -0.39 is 0 Å². The molecular weight excluding hydrogens is 286 g/mol. The lowest BCUT2D eigenvalue weighted by molar-refractivity contribution is 0.101. The number of anilines is 1. The summed E-state index contributed by atoms with van der Waals surface area (Å²) in [6.45, 7) is 2.53. The fourth-order valence-corrected chi connectivity index (χ4v) is 2.49. The van der Waals surface area contributed by atoms with Gasteiger partial charge in [-0.1, -0.05) is 6.92 Å². The van der Waals surface area contributed by atoms with Gasteiger partial charge in [-0.15, -0.1) is 11.8 Å². The number of amides is 1. The van der Waals surface area contributed by atoms with Crippen LogP contribution in [0, 0.1) is 11.3 Å². The van der Waals surface area contributed by atoms with Crippen LogP contribution in [0.3, 0.4) is 0 Å². The Hall–Kier alpha value is -2.33. The van der Waals surface area contributed by atoms with Crippen LogP contribution < -0.4 is 5.32 Å². The average molecular weight is 301 g/mol. The van der Waals surface area contributed by atoms with E-state index in [-0.39, 0.29) is 5.91 Å². The number of nitrogens with zero attached hydrogens (tertiary/aromatic N) is 4. The molecule has 0 saturated carbocycles. The molecule has 2 rings (SSSR count). The van der Waals surface area contributed by atoms with Gasteiger partial charge in [-0.25, -0.2) is 4.98 Å². The van der Waals surface area contributed by atoms with Gasteiger partial charge in [0.05, 0.1) is 19.0 Å². The quantitative estimate of drug-likeness (QED) is 0.829. The number of aromatic nitrogens is 3. The first-order valence-corrected chi connectivity index (χ1v) is 7.52. The van der Waals surface area contributed by atoms with Crippen molar-refractivity contribution in [2.24, 2.45) is 0 Å². The van der Waals surface area contributed by atoms with Gasteiger partial charge >= 0.3 is 0 Å². The molecule has 21 heavy (non-hydrogen) atoms. The standard InChI is InChI=1S/C14H15N5OS/c1-2-21-11-5-3-8-16-13(11)14(20)17-12-6-10-19(18-12)9-4-7-15/h3,5-6,8,10H,2,4,9H2,1H3,(H,17,18,20). The highest BCUT2D eigenvalue weighted by atomic mass is 32.2. The smallest absolute Gasteiger partial charge is 0.276 e. The Kier molecular flexibility index (Phi) is 5.35. The molecule has 7 heteroatoms. The third kappa shape index (κ3) is 4.07. The molecule has 0 aliphatic carbocycles. The Labute approximate surface area is 127 Å². The van der Waals surface area contributed by atoms with Crippen molar-refractivity contribution in [2.75, 3.05) is 11.1 Å². The summed E-state index contributed by atoms with van der Waals surface area (Å²) >= 11 is 1.57. The SMILES string of the molecule is CCSc1cccnc1C(=O)Nc1ccn(CCC#N)n1. The van der Waals surface area contributed by atoms with Crippen LogP contribution in [0.1, 0.15) is 23.8 Å². The lowest BCUT2D eigenvalue weighted by Gasteiger charge is -2.06. The number of pyridine rings is 1. The molecule has 2 aromatic rings. The molecule has 6 nitrogen and oxygen atoms in total. The molecule has 2 heterocycles. The molecule has 2 aromatic heterocycles. The second-order valence-electron chi connectivity index (χ2n) is 4.11. The van der Waals surface area contributed by atoms with Crippen LogP contribution in [-0.2, 0) is 6.54 Å². The molecule has 0 aliphatic heterocycles. The maximum absolute atomic E-state index is 12.2. The monoisotopic (exact) mass is 301 g/mol. The van der Waals surface area contributed by atoms with Gasteiger partial charge in [0.1, 0.15) is 5.69 Å². The number of carbonyl (C=O) groups excluding carboxylic acids is 1. The van der Waals surface area contributed by atoms with E-state index in [9.17, 15) is 4.79 Å². The first kappa shape index (κ1) is 15.1. The van der Waals surface area contributed by atoms with Gasteiger partial charge in [0, 0.05) is 23.4 Å². The van der Waals surface area contributed by atoms with E-state index >= 15 is 0 Å². The molecule has 0 saturated heterocycles. The zero-order valence-electron chi connectivity index (χ0n) is 11.6. The molecule has 0 spiro atoms. The van der Waals surface area contributed by atoms with E-state index in [0.717, 1.165) is 10.6 Å². The molecule has 1 N–H and O–H groups in total. The van der Waals surface area contributed by atoms with Crippen molar-refractivity contribution in [3.8, 4) is 6.07 Å². The summed E-state index contributed by atoms with van der Waals surface area (Å²) in [5.41, 5.74) is 0.399. The number of aryl methyl sites for hydroxylation is 1. The number of hydrogen-bond donors (Lipinski definition) is 1. The minimum atomic E-state index is -0.280. The van der Waals surface area contributed by atoms with Crippen LogP contribution in [0.5, 0.6) is 0 Å². The van der Waals surface area contributed by atoms with Crippen LogP contribution in [0.15, 0.2) is 35.5 Å². The number of nitrogens with one attached hydrogen (secondary N) is 1. The summed E-state index contributed by atoms with van der Waals surface area (Å²) in [4.78, 5) is 17.2. The summed E-state index contributed by atoms with van der Waals surface area (Å²) in [5.74, 6) is 1.04. The van der Waals surface area contributed by atoms with Crippen LogP contribution in [-0.4, -0.2) is 26.4 Å². The van der Waals surface area contributed by atoms with Crippen molar-refractivity contribution < 1.29 is 4.79 Å². The van der Waals surface area contributed by atoms with Crippen LogP contribution in [0.2, 0.25) is 0 Å². The molecule has 0 bridgehead atoms. The highest BCUT2D eigenvalue weighted by Gasteiger charge is 2.14. The Bertz CT molecular complexity index is 661. The molecule has 0 fully saturated rings. The molecule has 0 aromatic carbocycles. The Morgan fingerprint density at radius 2 is 2.38 bits per heavy atom. The first-order chi connectivity index (χ1) is 10.2. The maximum Gasteiger partial charge on any atom is 0.276 e. The van der Waals surface area contributed by atoms with Crippen molar-refractivity contribution in [2.45, 2.75) is 24.8 Å². The third-order valence-electron chi connectivity index (χ3n) is 2.62. The van der Waals surface area contributed by atoms with Gasteiger partial charge in [0.25, 0.3) is 5.91 Å². The van der Waals surface area contributed by atoms with Crippen molar-refractivity contribution in [1.29, 1.82) is 5.26 Å². The lowest BCUT2D eigenvalue weighted by atomic mass is 10.3. The largest absolute Gasteiger partial charge is 0.304 e. The van der Waals surface area contributed by atoms with E-state index in [2.05, 4.69) is 21.5 Å². The van der Waals surface area contributed by atoms with Crippen LogP contribution in [0.25, 0.3) is 0 Å². The van der Waals surface area contributed by atoms with Gasteiger partial charge in [0.2, 0.25) is 0 Å². The van der Waals surface area contributed by atoms with Gasteiger partial charge in [-0.05, 0) is 17.9 Å². The van der Waals surface area contributed by atoms with Crippen molar-refractivity contribution in [3.05, 3.63) is 36.3 Å². The number of nitriles is 1. The van der Waals surface area contributed by atoms with Gasteiger partial charge in [0.15, 0.2) is 5.82 Å². The predicted octanol–water partition coefficient (Wildman–Crippen LogP) is 2.56. The van der Waals surface area contributed by atoms with Gasteiger partial charge in [-0.2, -0.15) is 10.4 Å². The van der Waals surface area contributed by atoms with Crippen molar-refractivity contribution in [3.63, 3.8) is 0 Å². The minimum absolute atomic E-state index is 0.280. The van der Waals surface area contributed by atoms with E-state index in [1.54, 1.807) is 34.9 Å². The highest BCUT2D eigenvalue weighted by Crippen LogP contribution is 2.21. The lowest BCUT2D eigenvalue weighted by Crippen LogP contribution is -2.15. The molecular formula is C14H15N5OS. The summed E-state index contributed by atoms with van der Waals surface area (Å²) in [6, 6.07) is 7.44. The fourth-order valence-electron chi connectivity index (χ4n) is 1.73. The first-order valence-electron chi connectivity index (χ1n) is 6.54. The van der Waals surface area contributed by atoms with Crippen LogP contribution in [0.4, 0.5) is 5.82 Å². The van der Waals surface area contributed by atoms with E-state index in [0.29, 0.717) is 24.5 Å². The Balaban J connectivity index is 2.08. The molecule has 0 aliphatic rings. The number of hydrogen-bond acceptors (Lipinski definition) is 5. The zero-order chi connectivity index (χ0) is 15.1. The molecule has 1 amide bonds. The molecule has 108 valence electrons. The van der Waals surface area contributed by atoms with Crippen molar-refractivity contribution >= 4 is 23.5 Å². The zero-order valence-corrected chi connectivity index (χ0v) is 12.4. The molecule has 0 unspecified atom stereocenters. The summed E-state index contributed by atoms with van der Waals surface area (Å²) in [5, 5.41) is 15.5. The summed E-state index contributed by atoms with van der Waals surface area (Å²) in [6.07, 6.45) is 3.71. The average Bonchev–Trinajstić information content (AvgIpc) is 2.93. The Morgan fingerprint density at radius 1 is 1.52 bits per heavy atom. The number of carbonyl (C=O) groups is 1. The van der Waals surface area contributed by atoms with Crippen LogP contribution >= 0.6 is 11.8 Å². The second-order valence-corrected chi connectivity index (χ2v) is 5.42. The van der Waals surface area contributed by atoms with Crippen molar-refractivity contribution in [1.82, 2.24) is 14.8 Å². The summed E-state index contributed by atoms with van der Waals surface area (Å²) < 4.78 is 1.62. The van der Waals surface area contributed by atoms with E-state index in [4.69, 9.17) is 5.26 Å². The fraction of sp³-hybridized carbons (Fsp3) is 0.286. The number of thioether (sulfide) groups is 1. The highest BCUT2D eigenvalue weighted by molar-refractivity contribution is 7.99. The molecule has 0 atom stereocenters. The minimum Gasteiger partial charge on any atom is -0.304 e. The second kappa shape index (κ2) is 7.45. The topological polar surface area (TPSA) is 83.6 Å². The van der Waals surface area contributed by atoms with E-state index in [1.807, 2.05) is 19.1 Å². The third-order valence-corrected chi connectivity index (χ3v) is 3.55. The van der Waals surface area contributed by atoms with Gasteiger partial charge in [-0.3, -0.25) is 9.48 Å². The van der Waals surface area contributed by atoms with E-state index in [1.165, 1.54) is 0 Å². The normalized spacial score (nSPS) is 10.1. The molecule has 0 radical (unpaired) electrons. The number of rotatable bonds is 6.